The lowest BCUT2D eigenvalue weighted by Crippen LogP contribution is -2.36. The summed E-state index contributed by atoms with van der Waals surface area (Å²) in [4.78, 5) is 0. The van der Waals surface area contributed by atoms with Gasteiger partial charge in [-0.25, -0.2) is 0 Å². The lowest BCUT2D eigenvalue weighted by atomic mass is 10.0. The monoisotopic (exact) mass is 241 g/mol. The van der Waals surface area contributed by atoms with Gasteiger partial charge in [-0.15, -0.1) is 0 Å². The molecule has 2 nitrogen and oxygen atoms in total. The van der Waals surface area contributed by atoms with Crippen molar-refractivity contribution in [2.24, 2.45) is 0 Å². The van der Waals surface area contributed by atoms with Crippen molar-refractivity contribution in [3.05, 3.63) is 0 Å². The van der Waals surface area contributed by atoms with Gasteiger partial charge in [0, 0.05) is 12.6 Å². The van der Waals surface area contributed by atoms with Gasteiger partial charge in [-0.3, -0.25) is 0 Å². The Morgan fingerprint density at radius 1 is 1.24 bits per heavy atom. The second kappa shape index (κ2) is 7.38. The third kappa shape index (κ3) is 5.87. The maximum absolute atomic E-state index is 6.02. The van der Waals surface area contributed by atoms with Crippen molar-refractivity contribution in [2.45, 2.75) is 90.4 Å². The molecule has 1 fully saturated rings. The quantitative estimate of drug-likeness (QED) is 0.696. The first-order chi connectivity index (χ1) is 8.07. The summed E-state index contributed by atoms with van der Waals surface area (Å²) in [5.41, 5.74) is 0.107. The molecule has 1 N–H and O–H groups in total. The molecule has 2 atom stereocenters. The lowest BCUT2D eigenvalue weighted by molar-refractivity contribution is -0.0153. The average Bonchev–Trinajstić information content (AvgIpc) is 2.62. The predicted octanol–water partition coefficient (Wildman–Crippen LogP) is 3.89. The normalized spacial score (nSPS) is 25.1. The van der Waals surface area contributed by atoms with E-state index < -0.39 is 0 Å². The highest BCUT2D eigenvalue weighted by molar-refractivity contribution is 4.82. The Kier molecular flexibility index (Phi) is 6.50. The molecule has 1 saturated heterocycles. The summed E-state index contributed by atoms with van der Waals surface area (Å²) in [5, 5.41) is 3.71. The van der Waals surface area contributed by atoms with Gasteiger partial charge in [0.2, 0.25) is 0 Å². The molecule has 0 aliphatic carbocycles. The van der Waals surface area contributed by atoms with E-state index in [0.29, 0.717) is 12.1 Å². The molecule has 0 saturated carbocycles. The Morgan fingerprint density at radius 3 is 2.53 bits per heavy atom. The standard InChI is InChI=1S/C15H31NO/c1-5-7-9-13(8-6-2)16-12-14-10-11-15(3,4)17-14/h13-14,16H,5-12H2,1-4H3. The summed E-state index contributed by atoms with van der Waals surface area (Å²) in [6, 6.07) is 0.701. The smallest absolute Gasteiger partial charge is 0.0707 e. The van der Waals surface area contributed by atoms with Crippen molar-refractivity contribution in [1.29, 1.82) is 0 Å². The van der Waals surface area contributed by atoms with Crippen molar-refractivity contribution in [1.82, 2.24) is 5.32 Å². The fourth-order valence-electron chi connectivity index (χ4n) is 2.67. The molecule has 2 heteroatoms. The van der Waals surface area contributed by atoms with Crippen molar-refractivity contribution in [3.63, 3.8) is 0 Å². The summed E-state index contributed by atoms with van der Waals surface area (Å²) in [6.45, 7) is 9.99. The van der Waals surface area contributed by atoms with E-state index >= 15 is 0 Å². The van der Waals surface area contributed by atoms with E-state index in [9.17, 15) is 0 Å². The predicted molar refractivity (Wildman–Crippen MR) is 74.4 cm³/mol. The average molecular weight is 241 g/mol. The zero-order valence-electron chi connectivity index (χ0n) is 12.2. The highest BCUT2D eigenvalue weighted by Crippen LogP contribution is 2.28. The number of nitrogens with one attached hydrogen (secondary N) is 1. The molecule has 2 unspecified atom stereocenters. The maximum atomic E-state index is 6.02. The minimum absolute atomic E-state index is 0.107. The van der Waals surface area contributed by atoms with Gasteiger partial charge in [-0.1, -0.05) is 33.1 Å². The Labute approximate surface area is 108 Å². The van der Waals surface area contributed by atoms with Crippen LogP contribution in [0.2, 0.25) is 0 Å². The lowest BCUT2D eigenvalue weighted by Gasteiger charge is -2.23. The molecule has 1 rings (SSSR count). The second-order valence-electron chi connectivity index (χ2n) is 6.07. The van der Waals surface area contributed by atoms with E-state index in [2.05, 4.69) is 33.0 Å². The van der Waals surface area contributed by atoms with Crippen molar-refractivity contribution < 1.29 is 4.74 Å². The van der Waals surface area contributed by atoms with Crippen LogP contribution >= 0.6 is 0 Å². The molecule has 0 aromatic rings. The Hall–Kier alpha value is -0.0800. The van der Waals surface area contributed by atoms with Crippen molar-refractivity contribution in [3.8, 4) is 0 Å². The van der Waals surface area contributed by atoms with Crippen LogP contribution in [0.5, 0.6) is 0 Å². The molecule has 1 aliphatic heterocycles. The third-order valence-electron chi connectivity index (χ3n) is 3.73. The Bertz CT molecular complexity index is 203. The van der Waals surface area contributed by atoms with Gasteiger partial charge >= 0.3 is 0 Å². The number of rotatable bonds is 8. The Balaban J connectivity index is 2.22. The number of hydrogen-bond donors (Lipinski definition) is 1. The van der Waals surface area contributed by atoms with Crippen LogP contribution in [0.15, 0.2) is 0 Å². The van der Waals surface area contributed by atoms with Crippen LogP contribution < -0.4 is 5.32 Å². The van der Waals surface area contributed by atoms with E-state index in [4.69, 9.17) is 4.74 Å². The van der Waals surface area contributed by atoms with Gasteiger partial charge in [-0.05, 0) is 39.5 Å². The molecule has 0 amide bonds. The van der Waals surface area contributed by atoms with E-state index in [1.807, 2.05) is 0 Å². The first-order valence-corrected chi connectivity index (χ1v) is 7.48. The van der Waals surface area contributed by atoms with Crippen LogP contribution in [0.1, 0.15) is 72.6 Å². The highest BCUT2D eigenvalue weighted by atomic mass is 16.5. The minimum atomic E-state index is 0.107. The van der Waals surface area contributed by atoms with Crippen LogP contribution in [-0.2, 0) is 4.74 Å². The van der Waals surface area contributed by atoms with Crippen LogP contribution in [0, 0.1) is 0 Å². The zero-order chi connectivity index (χ0) is 12.7. The van der Waals surface area contributed by atoms with Crippen LogP contribution in [0.25, 0.3) is 0 Å². The topological polar surface area (TPSA) is 21.3 Å². The highest BCUT2D eigenvalue weighted by Gasteiger charge is 2.31. The molecule has 0 radical (unpaired) electrons. The van der Waals surface area contributed by atoms with Crippen molar-refractivity contribution >= 4 is 0 Å². The molecule has 102 valence electrons. The fraction of sp³-hybridized carbons (Fsp3) is 1.00. The van der Waals surface area contributed by atoms with Gasteiger partial charge < -0.3 is 10.1 Å². The number of ether oxygens (including phenoxy) is 1. The van der Waals surface area contributed by atoms with Gasteiger partial charge in [0.15, 0.2) is 0 Å². The van der Waals surface area contributed by atoms with Gasteiger partial charge in [0.25, 0.3) is 0 Å². The molecule has 1 aliphatic rings. The summed E-state index contributed by atoms with van der Waals surface area (Å²) < 4.78 is 6.02. The molecule has 0 aromatic heterocycles. The van der Waals surface area contributed by atoms with Gasteiger partial charge in [0.05, 0.1) is 11.7 Å². The molecule has 0 spiro atoms. The molecule has 0 aromatic carbocycles. The first-order valence-electron chi connectivity index (χ1n) is 7.48. The van der Waals surface area contributed by atoms with Crippen LogP contribution in [0.4, 0.5) is 0 Å². The summed E-state index contributed by atoms with van der Waals surface area (Å²) in [7, 11) is 0. The van der Waals surface area contributed by atoms with Crippen molar-refractivity contribution in [2.75, 3.05) is 6.54 Å². The molecule has 1 heterocycles. The van der Waals surface area contributed by atoms with E-state index in [-0.39, 0.29) is 5.60 Å². The largest absolute Gasteiger partial charge is 0.371 e. The zero-order valence-corrected chi connectivity index (χ0v) is 12.2. The summed E-state index contributed by atoms with van der Waals surface area (Å²) >= 11 is 0. The summed E-state index contributed by atoms with van der Waals surface area (Å²) in [5.74, 6) is 0. The summed E-state index contributed by atoms with van der Waals surface area (Å²) in [6.07, 6.45) is 9.39. The van der Waals surface area contributed by atoms with Gasteiger partial charge in [0.1, 0.15) is 0 Å². The molecule has 17 heavy (non-hydrogen) atoms. The number of unbranched alkanes of at least 4 members (excludes halogenated alkanes) is 1. The van der Waals surface area contributed by atoms with Crippen LogP contribution in [0.3, 0.4) is 0 Å². The van der Waals surface area contributed by atoms with E-state index in [1.165, 1.54) is 44.9 Å². The third-order valence-corrected chi connectivity index (χ3v) is 3.73. The minimum Gasteiger partial charge on any atom is -0.371 e. The molecule has 0 bridgehead atoms. The fourth-order valence-corrected chi connectivity index (χ4v) is 2.67. The Morgan fingerprint density at radius 2 is 2.00 bits per heavy atom. The van der Waals surface area contributed by atoms with Gasteiger partial charge in [-0.2, -0.15) is 0 Å². The second-order valence-corrected chi connectivity index (χ2v) is 6.07. The molecular weight excluding hydrogens is 210 g/mol. The SMILES string of the molecule is CCCCC(CCC)NCC1CCC(C)(C)O1. The van der Waals surface area contributed by atoms with E-state index in [1.54, 1.807) is 0 Å². The first kappa shape index (κ1) is 15.0. The molecular formula is C15H31NO. The maximum Gasteiger partial charge on any atom is 0.0707 e. The van der Waals surface area contributed by atoms with E-state index in [0.717, 1.165) is 6.54 Å². The van der Waals surface area contributed by atoms with Crippen LogP contribution in [-0.4, -0.2) is 24.3 Å². The number of hydrogen-bond acceptors (Lipinski definition) is 2.